The zero-order valence-corrected chi connectivity index (χ0v) is 14.2. The lowest BCUT2D eigenvalue weighted by Crippen LogP contribution is -2.41. The highest BCUT2D eigenvalue weighted by Gasteiger charge is 2.39. The second-order valence-electron chi connectivity index (χ2n) is 6.43. The van der Waals surface area contributed by atoms with Crippen LogP contribution in [0, 0.1) is 6.92 Å². The maximum absolute atomic E-state index is 6.05. The molecule has 0 spiro atoms. The van der Waals surface area contributed by atoms with Gasteiger partial charge in [0.2, 0.25) is 0 Å². The molecule has 1 fully saturated rings. The van der Waals surface area contributed by atoms with Crippen molar-refractivity contribution >= 4 is 0 Å². The van der Waals surface area contributed by atoms with Gasteiger partial charge in [0, 0.05) is 40.0 Å². The molecule has 0 aliphatic carbocycles. The summed E-state index contributed by atoms with van der Waals surface area (Å²) in [7, 11) is 3.78. The number of nitrogens with zero attached hydrogens (tertiary/aromatic N) is 3. The standard InChI is InChI=1S/C18H25N3O2/c1-15-6-4-5-7-17(15)23-13-18(22-3)8-9-21(12-18)11-16-10-20(2)14-19-16/h4-7,10,14H,8-9,11-13H2,1-3H3. The Balaban J connectivity index is 1.60. The van der Waals surface area contributed by atoms with Crippen molar-refractivity contribution in [1.82, 2.24) is 14.5 Å². The molecular weight excluding hydrogens is 290 g/mol. The largest absolute Gasteiger partial charge is 0.490 e. The van der Waals surface area contributed by atoms with Crippen LogP contribution in [0.25, 0.3) is 0 Å². The minimum atomic E-state index is -0.239. The van der Waals surface area contributed by atoms with Crippen LogP contribution in [-0.4, -0.2) is 46.9 Å². The summed E-state index contributed by atoms with van der Waals surface area (Å²) in [5, 5.41) is 0. The summed E-state index contributed by atoms with van der Waals surface area (Å²) in [6.07, 6.45) is 4.88. The molecule has 23 heavy (non-hydrogen) atoms. The number of rotatable bonds is 6. The van der Waals surface area contributed by atoms with Crippen molar-refractivity contribution < 1.29 is 9.47 Å². The number of hydrogen-bond acceptors (Lipinski definition) is 4. The van der Waals surface area contributed by atoms with Crippen LogP contribution in [0.1, 0.15) is 17.7 Å². The first-order valence-electron chi connectivity index (χ1n) is 8.03. The molecule has 1 aromatic heterocycles. The number of aryl methyl sites for hydroxylation is 2. The molecule has 0 amide bonds. The molecular formula is C18H25N3O2. The van der Waals surface area contributed by atoms with Crippen LogP contribution in [0.15, 0.2) is 36.8 Å². The lowest BCUT2D eigenvalue weighted by atomic mass is 10.0. The van der Waals surface area contributed by atoms with Crippen LogP contribution >= 0.6 is 0 Å². The zero-order chi connectivity index (χ0) is 16.3. The van der Waals surface area contributed by atoms with E-state index in [1.54, 1.807) is 7.11 Å². The maximum Gasteiger partial charge on any atom is 0.122 e. The van der Waals surface area contributed by atoms with Crippen molar-refractivity contribution in [3.63, 3.8) is 0 Å². The minimum Gasteiger partial charge on any atom is -0.490 e. The van der Waals surface area contributed by atoms with E-state index in [4.69, 9.17) is 9.47 Å². The normalized spacial score (nSPS) is 21.7. The summed E-state index contributed by atoms with van der Waals surface area (Å²) in [4.78, 5) is 6.79. The van der Waals surface area contributed by atoms with E-state index in [0.29, 0.717) is 6.61 Å². The summed E-state index contributed by atoms with van der Waals surface area (Å²) < 4.78 is 13.9. The summed E-state index contributed by atoms with van der Waals surface area (Å²) in [6.45, 7) is 5.37. The van der Waals surface area contributed by atoms with Crippen molar-refractivity contribution in [3.8, 4) is 5.75 Å². The SMILES string of the molecule is COC1(COc2ccccc2C)CCN(Cc2cn(C)cn2)C1. The van der Waals surface area contributed by atoms with E-state index in [9.17, 15) is 0 Å². The molecule has 2 aromatic rings. The maximum atomic E-state index is 6.05. The van der Waals surface area contributed by atoms with Crippen LogP contribution in [0.3, 0.4) is 0 Å². The smallest absolute Gasteiger partial charge is 0.122 e. The lowest BCUT2D eigenvalue weighted by Gasteiger charge is -2.28. The molecule has 0 radical (unpaired) electrons. The van der Waals surface area contributed by atoms with Crippen LogP contribution in [-0.2, 0) is 18.3 Å². The molecule has 0 bridgehead atoms. The second kappa shape index (κ2) is 6.72. The molecule has 1 aromatic carbocycles. The summed E-state index contributed by atoms with van der Waals surface area (Å²) in [6, 6.07) is 8.11. The Morgan fingerprint density at radius 1 is 1.30 bits per heavy atom. The fourth-order valence-corrected chi connectivity index (χ4v) is 3.11. The number of para-hydroxylation sites is 1. The molecule has 5 heteroatoms. The number of benzene rings is 1. The number of aromatic nitrogens is 2. The Labute approximate surface area is 137 Å². The first-order chi connectivity index (χ1) is 11.1. The van der Waals surface area contributed by atoms with Gasteiger partial charge in [0.25, 0.3) is 0 Å². The summed E-state index contributed by atoms with van der Waals surface area (Å²) in [5.74, 6) is 0.937. The molecule has 2 heterocycles. The van der Waals surface area contributed by atoms with Crippen molar-refractivity contribution in [2.24, 2.45) is 7.05 Å². The highest BCUT2D eigenvalue weighted by Crippen LogP contribution is 2.28. The Morgan fingerprint density at radius 2 is 2.13 bits per heavy atom. The molecule has 5 nitrogen and oxygen atoms in total. The molecule has 3 rings (SSSR count). The molecule has 124 valence electrons. The van der Waals surface area contributed by atoms with E-state index in [1.807, 2.05) is 36.1 Å². The minimum absolute atomic E-state index is 0.239. The molecule has 1 aliphatic rings. The Bertz CT molecular complexity index is 655. The molecule has 0 N–H and O–H groups in total. The average molecular weight is 315 g/mol. The number of hydrogen-bond donors (Lipinski definition) is 0. The van der Waals surface area contributed by atoms with Gasteiger partial charge in [0.15, 0.2) is 0 Å². The van der Waals surface area contributed by atoms with Gasteiger partial charge in [0.05, 0.1) is 12.0 Å². The highest BCUT2D eigenvalue weighted by atomic mass is 16.5. The Kier molecular flexibility index (Phi) is 4.68. The number of imidazole rings is 1. The van der Waals surface area contributed by atoms with Crippen LogP contribution < -0.4 is 4.74 Å². The van der Waals surface area contributed by atoms with Gasteiger partial charge in [-0.15, -0.1) is 0 Å². The van der Waals surface area contributed by atoms with Crippen LogP contribution in [0.4, 0.5) is 0 Å². The fraction of sp³-hybridized carbons (Fsp3) is 0.500. The molecule has 1 atom stereocenters. The van der Waals surface area contributed by atoms with Gasteiger partial charge in [-0.05, 0) is 25.0 Å². The van der Waals surface area contributed by atoms with Gasteiger partial charge < -0.3 is 14.0 Å². The fourth-order valence-electron chi connectivity index (χ4n) is 3.11. The van der Waals surface area contributed by atoms with Gasteiger partial charge in [-0.25, -0.2) is 4.98 Å². The van der Waals surface area contributed by atoms with E-state index >= 15 is 0 Å². The van der Waals surface area contributed by atoms with Crippen molar-refractivity contribution in [1.29, 1.82) is 0 Å². The van der Waals surface area contributed by atoms with Gasteiger partial charge in [-0.1, -0.05) is 18.2 Å². The Hall–Kier alpha value is -1.85. The first kappa shape index (κ1) is 16.0. The van der Waals surface area contributed by atoms with E-state index in [0.717, 1.165) is 43.1 Å². The van der Waals surface area contributed by atoms with Crippen LogP contribution in [0.5, 0.6) is 5.75 Å². The molecule has 1 unspecified atom stereocenters. The summed E-state index contributed by atoms with van der Waals surface area (Å²) >= 11 is 0. The third-order valence-corrected chi connectivity index (χ3v) is 4.56. The predicted molar refractivity (Wildman–Crippen MR) is 89.5 cm³/mol. The summed E-state index contributed by atoms with van der Waals surface area (Å²) in [5.41, 5.74) is 2.01. The third-order valence-electron chi connectivity index (χ3n) is 4.56. The molecule has 0 saturated carbocycles. The number of ether oxygens (including phenoxy) is 2. The third kappa shape index (κ3) is 3.74. The lowest BCUT2D eigenvalue weighted by molar-refractivity contribution is -0.0361. The zero-order valence-electron chi connectivity index (χ0n) is 14.2. The predicted octanol–water partition coefficient (Wildman–Crippen LogP) is 2.40. The average Bonchev–Trinajstić information content (AvgIpc) is 3.14. The van der Waals surface area contributed by atoms with Crippen molar-refractivity contribution in [3.05, 3.63) is 48.0 Å². The van der Waals surface area contributed by atoms with Gasteiger partial charge in [0.1, 0.15) is 18.0 Å². The molecule has 1 saturated heterocycles. The topological polar surface area (TPSA) is 39.5 Å². The van der Waals surface area contributed by atoms with E-state index < -0.39 is 0 Å². The first-order valence-corrected chi connectivity index (χ1v) is 8.03. The van der Waals surface area contributed by atoms with E-state index in [1.165, 1.54) is 0 Å². The van der Waals surface area contributed by atoms with Crippen LogP contribution in [0.2, 0.25) is 0 Å². The van der Waals surface area contributed by atoms with Gasteiger partial charge >= 0.3 is 0 Å². The molecule has 1 aliphatic heterocycles. The quantitative estimate of drug-likeness (QED) is 0.820. The van der Waals surface area contributed by atoms with Gasteiger partial charge in [-0.3, -0.25) is 4.90 Å². The second-order valence-corrected chi connectivity index (χ2v) is 6.43. The van der Waals surface area contributed by atoms with Crippen molar-refractivity contribution in [2.75, 3.05) is 26.8 Å². The van der Waals surface area contributed by atoms with E-state index in [2.05, 4.69) is 29.1 Å². The number of methoxy groups -OCH3 is 1. The van der Waals surface area contributed by atoms with E-state index in [-0.39, 0.29) is 5.60 Å². The highest BCUT2D eigenvalue weighted by molar-refractivity contribution is 5.31. The Morgan fingerprint density at radius 3 is 2.83 bits per heavy atom. The monoisotopic (exact) mass is 315 g/mol. The van der Waals surface area contributed by atoms with Gasteiger partial charge in [-0.2, -0.15) is 0 Å². The number of likely N-dealkylation sites (tertiary alicyclic amines) is 1. The van der Waals surface area contributed by atoms with Crippen molar-refractivity contribution in [2.45, 2.75) is 25.5 Å².